The molecule has 1 atom stereocenters. The molecule has 11 nitrogen and oxygen atoms in total. The van der Waals surface area contributed by atoms with Crippen LogP contribution in [0.25, 0.3) is 27.8 Å². The van der Waals surface area contributed by atoms with Gasteiger partial charge in [0.15, 0.2) is 5.65 Å². The second kappa shape index (κ2) is 12.2. The van der Waals surface area contributed by atoms with E-state index in [0.29, 0.717) is 67.9 Å². The molecule has 0 bridgehead atoms. The Balaban J connectivity index is 1.41. The van der Waals surface area contributed by atoms with Crippen molar-refractivity contribution in [3.8, 4) is 22.6 Å². The fourth-order valence-corrected chi connectivity index (χ4v) is 5.95. The Kier molecular flexibility index (Phi) is 8.17. The number of hydrogen-bond acceptors (Lipinski definition) is 9. The number of benzene rings is 2. The molecule has 6 rings (SSSR count). The molecule has 4 heterocycles. The molecule has 1 aliphatic heterocycles. The van der Waals surface area contributed by atoms with Crippen molar-refractivity contribution in [2.24, 2.45) is 0 Å². The van der Waals surface area contributed by atoms with Crippen LogP contribution in [0.1, 0.15) is 6.92 Å². The quantitative estimate of drug-likeness (QED) is 0.125. The van der Waals surface area contributed by atoms with Gasteiger partial charge in [-0.25, -0.2) is 9.97 Å². The highest BCUT2D eigenvalue weighted by Crippen LogP contribution is 2.47. The molecular weight excluding hydrogens is 603 g/mol. The largest absolute Gasteiger partial charge is 0.495 e. The molecule has 1 unspecified atom stereocenters. The number of anilines is 4. The molecule has 1 aliphatic rings. The fraction of sp³-hybridized carbons (Fsp3) is 0.226. The Morgan fingerprint density at radius 1 is 1.09 bits per heavy atom. The van der Waals surface area contributed by atoms with Gasteiger partial charge in [-0.3, -0.25) is 9.81 Å². The Morgan fingerprint density at radius 2 is 1.86 bits per heavy atom. The third-order valence-electron chi connectivity index (χ3n) is 7.38. The molecule has 3 N–H and O–H groups in total. The molecule has 3 aromatic heterocycles. The Labute approximate surface area is 263 Å². The monoisotopic (exact) mass is 632 g/mol. The van der Waals surface area contributed by atoms with Gasteiger partial charge in [-0.1, -0.05) is 29.8 Å². The van der Waals surface area contributed by atoms with E-state index in [-0.39, 0.29) is 11.9 Å². The molecule has 0 aliphatic carbocycles. The molecule has 226 valence electrons. The van der Waals surface area contributed by atoms with Crippen LogP contribution in [0.3, 0.4) is 0 Å². The van der Waals surface area contributed by atoms with E-state index in [9.17, 15) is 0 Å². The summed E-state index contributed by atoms with van der Waals surface area (Å²) in [6.45, 7) is 7.99. The first-order chi connectivity index (χ1) is 21.3. The number of ether oxygens (including phenoxy) is 3. The minimum atomic E-state index is 0.133. The second-order valence-corrected chi connectivity index (χ2v) is 10.9. The van der Waals surface area contributed by atoms with E-state index in [4.69, 9.17) is 47.8 Å². The lowest BCUT2D eigenvalue weighted by Gasteiger charge is -2.33. The summed E-state index contributed by atoms with van der Waals surface area (Å²) in [6, 6.07) is 9.50. The van der Waals surface area contributed by atoms with Crippen molar-refractivity contribution in [2.45, 2.75) is 13.0 Å². The number of morpholine rings is 1. The van der Waals surface area contributed by atoms with Crippen LogP contribution in [0.15, 0.2) is 61.6 Å². The first-order valence-electron chi connectivity index (χ1n) is 13.8. The highest BCUT2D eigenvalue weighted by atomic mass is 35.5. The number of pyridine rings is 1. The van der Waals surface area contributed by atoms with E-state index < -0.39 is 0 Å². The number of hydrogen-bond donors (Lipinski definition) is 3. The molecule has 1 saturated heterocycles. The topological polar surface area (TPSA) is 122 Å². The van der Waals surface area contributed by atoms with Gasteiger partial charge in [0.2, 0.25) is 5.95 Å². The summed E-state index contributed by atoms with van der Waals surface area (Å²) in [6.07, 6.45) is 6.79. The van der Waals surface area contributed by atoms with Crippen LogP contribution in [0.5, 0.6) is 11.5 Å². The van der Waals surface area contributed by atoms with E-state index in [1.165, 1.54) is 20.3 Å². The zero-order chi connectivity index (χ0) is 31.0. The number of nitrogens with one attached hydrogen (secondary N) is 3. The minimum absolute atomic E-state index is 0.133. The highest BCUT2D eigenvalue weighted by molar-refractivity contribution is 6.41. The molecule has 0 saturated carbocycles. The van der Waals surface area contributed by atoms with Gasteiger partial charge >= 0.3 is 0 Å². The summed E-state index contributed by atoms with van der Waals surface area (Å²) in [4.78, 5) is 16.3. The molecule has 0 spiro atoms. The predicted molar refractivity (Wildman–Crippen MR) is 176 cm³/mol. The standard InChI is InChI=1S/C31H30Cl2N8O3/c1-5-25(34)37-22-13-19(40-10-11-44-17(2)16-40)6-7-21(22)38-31-36-15-18-12-20(30-35-8-9-41(30)29(18)39-31)26-27(32)23(42-3)14-24(43-4)28(26)33/h5-9,12-15,17H,1,10-11,16H2,2-4H3,(H2,34,37)(H,36,38,39). The maximum Gasteiger partial charge on any atom is 0.229 e. The van der Waals surface area contributed by atoms with Crippen LogP contribution in [-0.4, -0.2) is 65.2 Å². The average molecular weight is 634 g/mol. The van der Waals surface area contributed by atoms with E-state index in [2.05, 4.69) is 39.0 Å². The zero-order valence-electron chi connectivity index (χ0n) is 24.3. The molecular formula is C31H30Cl2N8O3. The summed E-state index contributed by atoms with van der Waals surface area (Å²) in [5.41, 5.74) is 4.81. The first-order valence-corrected chi connectivity index (χ1v) is 14.6. The molecule has 44 heavy (non-hydrogen) atoms. The van der Waals surface area contributed by atoms with Crippen molar-refractivity contribution in [3.05, 3.63) is 71.6 Å². The average Bonchev–Trinajstić information content (AvgIpc) is 3.53. The fourth-order valence-electron chi connectivity index (χ4n) is 5.25. The van der Waals surface area contributed by atoms with Crippen LogP contribution in [0.4, 0.5) is 23.0 Å². The van der Waals surface area contributed by atoms with Crippen LogP contribution in [0, 0.1) is 5.41 Å². The number of amidine groups is 1. The second-order valence-electron chi connectivity index (χ2n) is 10.2. The summed E-state index contributed by atoms with van der Waals surface area (Å²) in [7, 11) is 3.06. The summed E-state index contributed by atoms with van der Waals surface area (Å²) in [5, 5.41) is 16.0. The highest BCUT2D eigenvalue weighted by Gasteiger charge is 2.23. The molecule has 2 aromatic carbocycles. The van der Waals surface area contributed by atoms with E-state index in [1.54, 1.807) is 18.5 Å². The van der Waals surface area contributed by atoms with Gasteiger partial charge in [0, 0.05) is 59.9 Å². The van der Waals surface area contributed by atoms with E-state index in [0.717, 1.165) is 24.2 Å². The third kappa shape index (κ3) is 5.45. The minimum Gasteiger partial charge on any atom is -0.495 e. The Morgan fingerprint density at radius 3 is 2.57 bits per heavy atom. The summed E-state index contributed by atoms with van der Waals surface area (Å²) < 4.78 is 18.5. The van der Waals surface area contributed by atoms with Gasteiger partial charge in [-0.05, 0) is 37.3 Å². The van der Waals surface area contributed by atoms with Crippen molar-refractivity contribution in [1.29, 1.82) is 5.41 Å². The number of nitrogens with zero attached hydrogens (tertiary/aromatic N) is 5. The van der Waals surface area contributed by atoms with Crippen molar-refractivity contribution in [2.75, 3.05) is 49.4 Å². The van der Waals surface area contributed by atoms with Crippen molar-refractivity contribution >= 4 is 68.7 Å². The number of imidazole rings is 1. The zero-order valence-corrected chi connectivity index (χ0v) is 25.8. The van der Waals surface area contributed by atoms with E-state index in [1.807, 2.05) is 34.9 Å². The van der Waals surface area contributed by atoms with Gasteiger partial charge < -0.3 is 29.7 Å². The van der Waals surface area contributed by atoms with Gasteiger partial charge in [-0.15, -0.1) is 0 Å². The van der Waals surface area contributed by atoms with Crippen LogP contribution in [-0.2, 0) is 4.74 Å². The molecule has 1 fully saturated rings. The smallest absolute Gasteiger partial charge is 0.229 e. The van der Waals surface area contributed by atoms with Gasteiger partial charge in [0.05, 0.1) is 48.4 Å². The van der Waals surface area contributed by atoms with Crippen molar-refractivity contribution < 1.29 is 14.2 Å². The SMILES string of the molecule is C=CC(=N)Nc1cc(N2CCOC(C)C2)ccc1Nc1ncc2cc(-c3c(Cl)c(OC)cc(OC)c3Cl)c3nccn3c2n1. The molecule has 13 heteroatoms. The first kappa shape index (κ1) is 29.5. The predicted octanol–water partition coefficient (Wildman–Crippen LogP) is 6.81. The maximum absolute atomic E-state index is 8.18. The summed E-state index contributed by atoms with van der Waals surface area (Å²) in [5.74, 6) is 1.37. The Bertz CT molecular complexity index is 1880. The van der Waals surface area contributed by atoms with Gasteiger partial charge in [0.1, 0.15) is 23.0 Å². The molecule has 5 aromatic rings. The maximum atomic E-state index is 8.18. The van der Waals surface area contributed by atoms with Gasteiger partial charge in [0.25, 0.3) is 0 Å². The van der Waals surface area contributed by atoms with Crippen molar-refractivity contribution in [1.82, 2.24) is 19.4 Å². The van der Waals surface area contributed by atoms with Crippen LogP contribution < -0.4 is 25.0 Å². The third-order valence-corrected chi connectivity index (χ3v) is 8.13. The molecule has 0 radical (unpaired) electrons. The van der Waals surface area contributed by atoms with Gasteiger partial charge in [-0.2, -0.15) is 4.98 Å². The van der Waals surface area contributed by atoms with Crippen LogP contribution in [0.2, 0.25) is 10.0 Å². The summed E-state index contributed by atoms with van der Waals surface area (Å²) >= 11 is 13.5. The Hall–Kier alpha value is -4.58. The lowest BCUT2D eigenvalue weighted by atomic mass is 10.0. The lowest BCUT2D eigenvalue weighted by Crippen LogP contribution is -2.41. The number of halogens is 2. The number of rotatable bonds is 8. The van der Waals surface area contributed by atoms with E-state index >= 15 is 0 Å². The molecule has 0 amide bonds. The lowest BCUT2D eigenvalue weighted by molar-refractivity contribution is 0.0532. The normalized spacial score (nSPS) is 14.9. The number of fused-ring (bicyclic) bond motifs is 3. The number of aromatic nitrogens is 4. The number of methoxy groups -OCH3 is 2. The van der Waals surface area contributed by atoms with Crippen LogP contribution >= 0.6 is 23.2 Å². The van der Waals surface area contributed by atoms with Crippen molar-refractivity contribution in [3.63, 3.8) is 0 Å².